The van der Waals surface area contributed by atoms with Crippen LogP contribution in [0.4, 0.5) is 10.1 Å². The molecule has 2 rings (SSSR count). The summed E-state index contributed by atoms with van der Waals surface area (Å²) in [7, 11) is 0. The van der Waals surface area contributed by atoms with Crippen molar-refractivity contribution in [3.05, 3.63) is 32.5 Å². The maximum absolute atomic E-state index is 13.5. The van der Waals surface area contributed by atoms with Crippen molar-refractivity contribution in [1.29, 1.82) is 0 Å². The molecule has 1 fully saturated rings. The monoisotopic (exact) mass is 346 g/mol. The molecule has 2 unspecified atom stereocenters. The van der Waals surface area contributed by atoms with Crippen LogP contribution < -0.4 is 10.5 Å². The maximum Gasteiger partial charge on any atom is 0.312 e. The van der Waals surface area contributed by atoms with Gasteiger partial charge in [-0.25, -0.2) is 4.39 Å². The lowest BCUT2D eigenvalue weighted by atomic mass is 9.97. The van der Waals surface area contributed by atoms with Crippen LogP contribution >= 0.6 is 15.9 Å². The van der Waals surface area contributed by atoms with Gasteiger partial charge in [0.1, 0.15) is 5.82 Å². The van der Waals surface area contributed by atoms with Gasteiger partial charge in [-0.15, -0.1) is 0 Å². The van der Waals surface area contributed by atoms with Gasteiger partial charge in [-0.1, -0.05) is 6.42 Å². The Morgan fingerprint density at radius 2 is 2.15 bits per heavy atom. The number of hydrogen-bond donors (Lipinski definition) is 1. The Morgan fingerprint density at radius 3 is 2.80 bits per heavy atom. The zero-order valence-corrected chi connectivity index (χ0v) is 12.4. The lowest BCUT2D eigenvalue weighted by Gasteiger charge is -2.18. The van der Waals surface area contributed by atoms with E-state index in [9.17, 15) is 14.5 Å². The van der Waals surface area contributed by atoms with Crippen molar-refractivity contribution >= 4 is 21.6 Å². The lowest BCUT2D eigenvalue weighted by Crippen LogP contribution is -2.23. The van der Waals surface area contributed by atoms with Crippen LogP contribution in [0.3, 0.4) is 0 Å². The van der Waals surface area contributed by atoms with E-state index in [0.717, 1.165) is 31.4 Å². The summed E-state index contributed by atoms with van der Waals surface area (Å²) >= 11 is 2.94. The molecule has 7 heteroatoms. The number of benzene rings is 1. The number of nitrogens with two attached hydrogens (primary N) is 1. The van der Waals surface area contributed by atoms with Gasteiger partial charge in [0.05, 0.1) is 16.0 Å². The number of hydrogen-bond acceptors (Lipinski definition) is 4. The van der Waals surface area contributed by atoms with E-state index in [2.05, 4.69) is 15.9 Å². The smallest absolute Gasteiger partial charge is 0.312 e. The minimum absolute atomic E-state index is 0.0293. The molecule has 0 radical (unpaired) electrons. The number of nitro benzene ring substituents is 1. The molecule has 2 N–H and O–H groups in total. The van der Waals surface area contributed by atoms with Crippen LogP contribution in [-0.4, -0.2) is 18.1 Å². The number of nitrogens with zero attached hydrogens (tertiary/aromatic N) is 1. The average molecular weight is 347 g/mol. The van der Waals surface area contributed by atoms with E-state index in [4.69, 9.17) is 10.5 Å². The Morgan fingerprint density at radius 1 is 1.45 bits per heavy atom. The molecule has 0 bridgehead atoms. The number of halogens is 2. The predicted molar refractivity (Wildman–Crippen MR) is 76.1 cm³/mol. The van der Waals surface area contributed by atoms with E-state index in [1.807, 2.05) is 0 Å². The molecule has 1 aromatic rings. The van der Waals surface area contributed by atoms with Gasteiger partial charge < -0.3 is 10.5 Å². The topological polar surface area (TPSA) is 78.4 Å². The quantitative estimate of drug-likeness (QED) is 0.655. The first-order valence-electron chi connectivity index (χ1n) is 6.49. The first-order valence-corrected chi connectivity index (χ1v) is 7.28. The highest BCUT2D eigenvalue weighted by atomic mass is 79.9. The van der Waals surface area contributed by atoms with Gasteiger partial charge in [-0.05, 0) is 47.2 Å². The summed E-state index contributed by atoms with van der Waals surface area (Å²) in [4.78, 5) is 10.4. The molecule has 5 nitrogen and oxygen atoms in total. The van der Waals surface area contributed by atoms with Crippen molar-refractivity contribution in [3.63, 3.8) is 0 Å². The van der Waals surface area contributed by atoms with Crippen LogP contribution in [0.2, 0.25) is 0 Å². The van der Waals surface area contributed by atoms with Crippen LogP contribution in [0.25, 0.3) is 0 Å². The van der Waals surface area contributed by atoms with Crippen molar-refractivity contribution in [2.45, 2.75) is 19.3 Å². The average Bonchev–Trinajstić information content (AvgIpc) is 2.86. The molecule has 0 amide bonds. The van der Waals surface area contributed by atoms with Crippen molar-refractivity contribution in [2.24, 2.45) is 17.6 Å². The standard InChI is InChI=1S/C13H16BrFN2O3/c14-10-4-12(17(18)19)13(5-11(10)15)20-7-9-3-1-2-8(9)6-16/h4-5,8-9H,1-3,6-7,16H2. The largest absolute Gasteiger partial charge is 0.486 e. The molecular formula is C13H16BrFN2O3. The number of nitro groups is 1. The summed E-state index contributed by atoms with van der Waals surface area (Å²) < 4.78 is 19.0. The molecule has 0 spiro atoms. The molecule has 1 saturated carbocycles. The van der Waals surface area contributed by atoms with Gasteiger partial charge in [0.15, 0.2) is 5.75 Å². The SMILES string of the molecule is NCC1CCCC1COc1cc(F)c(Br)cc1[N+](=O)[O-]. The van der Waals surface area contributed by atoms with Gasteiger partial charge in [0.25, 0.3) is 0 Å². The Balaban J connectivity index is 2.12. The zero-order valence-electron chi connectivity index (χ0n) is 10.9. The van der Waals surface area contributed by atoms with E-state index in [0.29, 0.717) is 19.1 Å². The van der Waals surface area contributed by atoms with Crippen LogP contribution in [0.1, 0.15) is 19.3 Å². The molecule has 1 aliphatic rings. The second kappa shape index (κ2) is 6.49. The molecule has 110 valence electrons. The second-order valence-electron chi connectivity index (χ2n) is 4.99. The van der Waals surface area contributed by atoms with Gasteiger partial charge in [-0.3, -0.25) is 10.1 Å². The fourth-order valence-electron chi connectivity index (χ4n) is 2.62. The highest BCUT2D eigenvalue weighted by Gasteiger charge is 2.28. The summed E-state index contributed by atoms with van der Waals surface area (Å²) in [5, 5.41) is 11.0. The van der Waals surface area contributed by atoms with Gasteiger partial charge in [-0.2, -0.15) is 0 Å². The third kappa shape index (κ3) is 3.27. The molecule has 1 aliphatic carbocycles. The van der Waals surface area contributed by atoms with Crippen molar-refractivity contribution in [1.82, 2.24) is 0 Å². The molecule has 20 heavy (non-hydrogen) atoms. The van der Waals surface area contributed by atoms with Crippen molar-refractivity contribution in [2.75, 3.05) is 13.2 Å². The van der Waals surface area contributed by atoms with Crippen LogP contribution in [0.5, 0.6) is 5.75 Å². The molecule has 0 heterocycles. The Kier molecular flexibility index (Phi) is 4.93. The first kappa shape index (κ1) is 15.2. The molecule has 0 saturated heterocycles. The number of ether oxygens (including phenoxy) is 1. The van der Waals surface area contributed by atoms with E-state index in [-0.39, 0.29) is 21.8 Å². The molecular weight excluding hydrogens is 331 g/mol. The van der Waals surface area contributed by atoms with Crippen LogP contribution in [0.15, 0.2) is 16.6 Å². The third-order valence-electron chi connectivity index (χ3n) is 3.77. The fourth-order valence-corrected chi connectivity index (χ4v) is 2.95. The van der Waals surface area contributed by atoms with E-state index >= 15 is 0 Å². The third-order valence-corrected chi connectivity index (χ3v) is 4.38. The Labute approximate surface area is 124 Å². The Bertz CT molecular complexity index is 513. The van der Waals surface area contributed by atoms with Crippen molar-refractivity contribution < 1.29 is 14.1 Å². The van der Waals surface area contributed by atoms with E-state index < -0.39 is 10.7 Å². The van der Waals surface area contributed by atoms with Crippen LogP contribution in [0, 0.1) is 27.8 Å². The maximum atomic E-state index is 13.5. The summed E-state index contributed by atoms with van der Waals surface area (Å²) in [6, 6.07) is 2.17. The lowest BCUT2D eigenvalue weighted by molar-refractivity contribution is -0.386. The molecule has 2 atom stereocenters. The van der Waals surface area contributed by atoms with Crippen molar-refractivity contribution in [3.8, 4) is 5.75 Å². The normalized spacial score (nSPS) is 21.9. The highest BCUT2D eigenvalue weighted by molar-refractivity contribution is 9.10. The predicted octanol–water partition coefficient (Wildman–Crippen LogP) is 3.25. The van der Waals surface area contributed by atoms with Gasteiger partial charge >= 0.3 is 5.69 Å². The zero-order chi connectivity index (χ0) is 14.7. The molecule has 0 aromatic heterocycles. The summed E-state index contributed by atoms with van der Waals surface area (Å²) in [5.74, 6) is 0.0615. The van der Waals surface area contributed by atoms with Gasteiger partial charge in [0, 0.05) is 12.1 Å². The second-order valence-corrected chi connectivity index (χ2v) is 5.84. The highest BCUT2D eigenvalue weighted by Crippen LogP contribution is 2.35. The molecule has 0 aliphatic heterocycles. The first-order chi connectivity index (χ1) is 9.52. The van der Waals surface area contributed by atoms with E-state index in [1.165, 1.54) is 0 Å². The minimum Gasteiger partial charge on any atom is -0.486 e. The fraction of sp³-hybridized carbons (Fsp3) is 0.538. The van der Waals surface area contributed by atoms with Gasteiger partial charge in [0.2, 0.25) is 0 Å². The Hall–Kier alpha value is -1.21. The molecule has 1 aromatic carbocycles. The summed E-state index contributed by atoms with van der Waals surface area (Å²) in [6.45, 7) is 0.925. The summed E-state index contributed by atoms with van der Waals surface area (Å²) in [6.07, 6.45) is 3.14. The van der Waals surface area contributed by atoms with E-state index in [1.54, 1.807) is 0 Å². The minimum atomic E-state index is -0.576. The number of rotatable bonds is 5. The van der Waals surface area contributed by atoms with Crippen LogP contribution in [-0.2, 0) is 0 Å². The summed E-state index contributed by atoms with van der Waals surface area (Å²) in [5.41, 5.74) is 5.45.